The third-order valence-corrected chi connectivity index (χ3v) is 4.48. The Morgan fingerprint density at radius 3 is 2.32 bits per heavy atom. The first kappa shape index (κ1) is 21.5. The monoisotopic (exact) mass is 405 g/mol. The molecule has 28 heavy (non-hydrogen) atoms. The van der Waals surface area contributed by atoms with Crippen LogP contribution in [0.15, 0.2) is 48.8 Å². The van der Waals surface area contributed by atoms with E-state index in [0.717, 1.165) is 6.26 Å². The molecule has 0 saturated heterocycles. The molecule has 1 atom stereocenters. The fourth-order valence-corrected chi connectivity index (χ4v) is 2.82. The van der Waals surface area contributed by atoms with Crippen LogP contribution in [0.4, 0.5) is 5.69 Å². The number of rotatable bonds is 9. The molecule has 1 unspecified atom stereocenters. The van der Waals surface area contributed by atoms with Crippen molar-refractivity contribution in [1.29, 1.82) is 0 Å². The highest BCUT2D eigenvalue weighted by molar-refractivity contribution is 7.88. The van der Waals surface area contributed by atoms with Crippen LogP contribution in [0.1, 0.15) is 28.4 Å². The summed E-state index contributed by atoms with van der Waals surface area (Å²) in [7, 11) is -3.28. The molecule has 2 amide bonds. The van der Waals surface area contributed by atoms with E-state index in [1.54, 1.807) is 48.8 Å². The van der Waals surface area contributed by atoms with Crippen LogP contribution in [0.25, 0.3) is 0 Å². The molecular formula is C18H23N5O4S. The van der Waals surface area contributed by atoms with Crippen LogP contribution >= 0.6 is 0 Å². The number of benzene rings is 1. The van der Waals surface area contributed by atoms with Gasteiger partial charge >= 0.3 is 0 Å². The average molecular weight is 405 g/mol. The molecule has 150 valence electrons. The Morgan fingerprint density at radius 2 is 1.71 bits per heavy atom. The Labute approximate surface area is 163 Å². The maximum absolute atomic E-state index is 12.2. The van der Waals surface area contributed by atoms with Gasteiger partial charge in [-0.3, -0.25) is 14.6 Å². The van der Waals surface area contributed by atoms with Gasteiger partial charge in [-0.1, -0.05) is 12.1 Å². The van der Waals surface area contributed by atoms with Gasteiger partial charge in [0.05, 0.1) is 6.26 Å². The summed E-state index contributed by atoms with van der Waals surface area (Å²) < 4.78 is 24.2. The van der Waals surface area contributed by atoms with Crippen molar-refractivity contribution in [2.24, 2.45) is 5.73 Å². The third-order valence-electron chi connectivity index (χ3n) is 3.76. The summed E-state index contributed by atoms with van der Waals surface area (Å²) in [5.41, 5.74) is 7.86. The Kier molecular flexibility index (Phi) is 7.61. The molecule has 0 bridgehead atoms. The van der Waals surface area contributed by atoms with Crippen LogP contribution in [0.2, 0.25) is 0 Å². The van der Waals surface area contributed by atoms with Crippen LogP contribution < -0.4 is 21.1 Å². The van der Waals surface area contributed by atoms with E-state index in [-0.39, 0.29) is 31.3 Å². The molecule has 0 radical (unpaired) electrons. The van der Waals surface area contributed by atoms with Crippen molar-refractivity contribution in [2.45, 2.75) is 12.5 Å². The van der Waals surface area contributed by atoms with Crippen LogP contribution in [0.3, 0.4) is 0 Å². The first-order chi connectivity index (χ1) is 13.2. The van der Waals surface area contributed by atoms with E-state index in [9.17, 15) is 18.0 Å². The Bertz CT molecular complexity index is 901. The zero-order valence-corrected chi connectivity index (χ0v) is 16.2. The normalized spacial score (nSPS) is 12.2. The van der Waals surface area contributed by atoms with Crippen molar-refractivity contribution in [2.75, 3.05) is 24.7 Å². The lowest BCUT2D eigenvalue weighted by molar-refractivity contribution is -0.121. The topological polar surface area (TPSA) is 143 Å². The highest BCUT2D eigenvalue weighted by Crippen LogP contribution is 2.16. The lowest BCUT2D eigenvalue weighted by atomic mass is 10.0. The highest BCUT2D eigenvalue weighted by Gasteiger charge is 2.13. The molecule has 2 rings (SSSR count). The molecule has 1 heterocycles. The number of anilines is 1. The van der Waals surface area contributed by atoms with E-state index < -0.39 is 16.1 Å². The Balaban J connectivity index is 1.83. The van der Waals surface area contributed by atoms with Crippen molar-refractivity contribution in [3.8, 4) is 0 Å². The molecule has 1 aromatic carbocycles. The fourth-order valence-electron chi connectivity index (χ4n) is 2.35. The minimum absolute atomic E-state index is 0.0431. The first-order valence-corrected chi connectivity index (χ1v) is 10.4. The van der Waals surface area contributed by atoms with Gasteiger partial charge in [0.25, 0.3) is 5.91 Å². The predicted octanol–water partition coefficient (Wildman–Crippen LogP) is 0.389. The van der Waals surface area contributed by atoms with Gasteiger partial charge in [-0.15, -0.1) is 0 Å². The molecule has 0 spiro atoms. The zero-order valence-electron chi connectivity index (χ0n) is 15.4. The van der Waals surface area contributed by atoms with Gasteiger partial charge in [0.2, 0.25) is 15.9 Å². The number of pyridine rings is 1. The fraction of sp³-hybridized carbons (Fsp3) is 0.278. The molecule has 0 aliphatic heterocycles. The van der Waals surface area contributed by atoms with Crippen LogP contribution in [-0.2, 0) is 14.8 Å². The molecule has 2 aromatic rings. The number of hydrogen-bond donors (Lipinski definition) is 4. The molecule has 9 nitrogen and oxygen atoms in total. The predicted molar refractivity (Wildman–Crippen MR) is 106 cm³/mol. The SMILES string of the molecule is CS(=O)(=O)NCCNC(=O)CC(N)c1ccc(C(=O)Nc2ccncc2)cc1. The summed E-state index contributed by atoms with van der Waals surface area (Å²) in [6.45, 7) is 0.286. The lowest BCUT2D eigenvalue weighted by Crippen LogP contribution is -2.35. The second-order valence-corrected chi connectivity index (χ2v) is 7.97. The van der Waals surface area contributed by atoms with Crippen molar-refractivity contribution >= 4 is 27.5 Å². The van der Waals surface area contributed by atoms with E-state index in [1.807, 2.05) is 0 Å². The number of amides is 2. The number of sulfonamides is 1. The number of carbonyl (C=O) groups excluding carboxylic acids is 2. The summed E-state index contributed by atoms with van der Waals surface area (Å²) >= 11 is 0. The summed E-state index contributed by atoms with van der Waals surface area (Å²) in [6.07, 6.45) is 4.26. The highest BCUT2D eigenvalue weighted by atomic mass is 32.2. The van der Waals surface area contributed by atoms with Crippen LogP contribution in [-0.4, -0.2) is 44.6 Å². The molecule has 5 N–H and O–H groups in total. The molecular weight excluding hydrogens is 382 g/mol. The molecule has 0 fully saturated rings. The van der Waals surface area contributed by atoms with E-state index in [0.29, 0.717) is 16.8 Å². The zero-order chi connectivity index (χ0) is 20.6. The van der Waals surface area contributed by atoms with Gasteiger partial charge in [0.1, 0.15) is 0 Å². The van der Waals surface area contributed by atoms with Crippen molar-refractivity contribution in [3.05, 3.63) is 59.9 Å². The Morgan fingerprint density at radius 1 is 1.07 bits per heavy atom. The summed E-state index contributed by atoms with van der Waals surface area (Å²) in [4.78, 5) is 28.0. The van der Waals surface area contributed by atoms with Gasteiger partial charge in [0.15, 0.2) is 0 Å². The quantitative estimate of drug-likeness (QED) is 0.444. The number of nitrogens with one attached hydrogen (secondary N) is 3. The van der Waals surface area contributed by atoms with Gasteiger partial charge in [-0.05, 0) is 29.8 Å². The summed E-state index contributed by atoms with van der Waals surface area (Å²) in [6, 6.07) is 9.51. The minimum Gasteiger partial charge on any atom is -0.355 e. The molecule has 10 heteroatoms. The van der Waals surface area contributed by atoms with E-state index in [2.05, 4.69) is 20.3 Å². The third kappa shape index (κ3) is 7.43. The van der Waals surface area contributed by atoms with E-state index in [4.69, 9.17) is 5.73 Å². The van der Waals surface area contributed by atoms with Gasteiger partial charge in [-0.2, -0.15) is 0 Å². The smallest absolute Gasteiger partial charge is 0.255 e. The minimum atomic E-state index is -3.28. The summed E-state index contributed by atoms with van der Waals surface area (Å²) in [5, 5.41) is 5.35. The maximum Gasteiger partial charge on any atom is 0.255 e. The van der Waals surface area contributed by atoms with Crippen molar-refractivity contribution < 1.29 is 18.0 Å². The second kappa shape index (κ2) is 9.93. The Hall–Kier alpha value is -2.82. The van der Waals surface area contributed by atoms with Gasteiger partial charge in [0, 0.05) is 49.2 Å². The number of aromatic nitrogens is 1. The van der Waals surface area contributed by atoms with E-state index >= 15 is 0 Å². The lowest BCUT2D eigenvalue weighted by Gasteiger charge is -2.13. The molecule has 0 saturated carbocycles. The van der Waals surface area contributed by atoms with Crippen molar-refractivity contribution in [3.63, 3.8) is 0 Å². The molecule has 0 aliphatic carbocycles. The standard InChI is InChI=1S/C18H23N5O4S/c1-28(26,27)22-11-10-21-17(24)12-16(19)13-2-4-14(5-3-13)18(25)23-15-6-8-20-9-7-15/h2-9,16,22H,10-12,19H2,1H3,(H,21,24)(H,20,23,25). The maximum atomic E-state index is 12.2. The first-order valence-electron chi connectivity index (χ1n) is 8.53. The summed E-state index contributed by atoms with van der Waals surface area (Å²) in [5.74, 6) is -0.551. The second-order valence-electron chi connectivity index (χ2n) is 6.14. The number of nitrogens with two attached hydrogens (primary N) is 1. The largest absolute Gasteiger partial charge is 0.355 e. The van der Waals surface area contributed by atoms with Crippen molar-refractivity contribution in [1.82, 2.24) is 15.0 Å². The average Bonchev–Trinajstić information content (AvgIpc) is 2.65. The van der Waals surface area contributed by atoms with Crippen LogP contribution in [0, 0.1) is 0 Å². The molecule has 0 aliphatic rings. The number of nitrogens with zero attached hydrogens (tertiary/aromatic N) is 1. The van der Waals surface area contributed by atoms with Crippen LogP contribution in [0.5, 0.6) is 0 Å². The van der Waals surface area contributed by atoms with Gasteiger partial charge in [-0.25, -0.2) is 13.1 Å². The number of carbonyl (C=O) groups is 2. The molecule has 1 aromatic heterocycles. The van der Waals surface area contributed by atoms with E-state index in [1.165, 1.54) is 0 Å². The van der Waals surface area contributed by atoms with Gasteiger partial charge < -0.3 is 16.4 Å². The number of hydrogen-bond acceptors (Lipinski definition) is 6.